The van der Waals surface area contributed by atoms with E-state index in [2.05, 4.69) is 171 Å². The maximum Gasteiger partial charge on any atom is 0.0702 e. The first-order valence-corrected chi connectivity index (χ1v) is 16.9. The van der Waals surface area contributed by atoms with E-state index in [0.717, 1.165) is 24.1 Å². The summed E-state index contributed by atoms with van der Waals surface area (Å²) in [6, 6.07) is 40.5. The van der Waals surface area contributed by atoms with Crippen LogP contribution in [0, 0.1) is 10.8 Å². The van der Waals surface area contributed by atoms with Gasteiger partial charge in [-0.15, -0.1) is 0 Å². The van der Waals surface area contributed by atoms with Gasteiger partial charge in [0.1, 0.15) is 0 Å². The molecule has 1 aromatic heterocycles. The van der Waals surface area contributed by atoms with Gasteiger partial charge >= 0.3 is 0 Å². The molecule has 1 heteroatoms. The van der Waals surface area contributed by atoms with E-state index in [0.29, 0.717) is 0 Å². The van der Waals surface area contributed by atoms with Gasteiger partial charge in [-0.1, -0.05) is 142 Å². The van der Waals surface area contributed by atoms with Crippen LogP contribution in [-0.2, 0) is 10.8 Å². The number of benzene rings is 4. The summed E-state index contributed by atoms with van der Waals surface area (Å²) in [6.45, 7) is 23.5. The van der Waals surface area contributed by atoms with Gasteiger partial charge in [-0.3, -0.25) is 4.98 Å². The summed E-state index contributed by atoms with van der Waals surface area (Å²) in [6.07, 6.45) is 4.13. The third-order valence-corrected chi connectivity index (χ3v) is 9.03. The average molecular weight is 608 g/mol. The fourth-order valence-electron chi connectivity index (χ4n) is 7.60. The molecule has 238 valence electrons. The molecule has 0 spiro atoms. The molecule has 1 nitrogen and oxygen atoms in total. The number of hydrogen-bond acceptors (Lipinski definition) is 1. The molecule has 4 aromatic carbocycles. The van der Waals surface area contributed by atoms with Crippen molar-refractivity contribution in [2.75, 3.05) is 0 Å². The van der Waals surface area contributed by atoms with Gasteiger partial charge in [0.25, 0.3) is 0 Å². The van der Waals surface area contributed by atoms with E-state index in [4.69, 9.17) is 0 Å². The molecule has 46 heavy (non-hydrogen) atoms. The molecule has 0 saturated carbocycles. The van der Waals surface area contributed by atoms with Crippen molar-refractivity contribution in [2.24, 2.45) is 10.8 Å². The van der Waals surface area contributed by atoms with Gasteiger partial charge in [-0.25, -0.2) is 0 Å². The highest BCUT2D eigenvalue weighted by molar-refractivity contribution is 5.82. The molecule has 0 fully saturated rings. The van der Waals surface area contributed by atoms with Gasteiger partial charge in [0.15, 0.2) is 0 Å². The number of nitrogens with zero attached hydrogens (tertiary/aromatic N) is 1. The lowest BCUT2D eigenvalue weighted by molar-refractivity contribution is 0.283. The van der Waals surface area contributed by atoms with E-state index in [-0.39, 0.29) is 21.7 Å². The van der Waals surface area contributed by atoms with Crippen LogP contribution in [0.2, 0.25) is 0 Å². The van der Waals surface area contributed by atoms with Crippen LogP contribution < -0.4 is 0 Å². The zero-order chi connectivity index (χ0) is 33.3. The van der Waals surface area contributed by atoms with E-state index in [1.165, 1.54) is 44.5 Å². The van der Waals surface area contributed by atoms with Crippen LogP contribution in [-0.4, -0.2) is 4.98 Å². The second kappa shape index (κ2) is 12.7. The molecule has 5 rings (SSSR count). The summed E-state index contributed by atoms with van der Waals surface area (Å²) >= 11 is 0. The maximum absolute atomic E-state index is 4.61. The van der Waals surface area contributed by atoms with Crippen molar-refractivity contribution in [3.8, 4) is 44.6 Å². The van der Waals surface area contributed by atoms with Crippen molar-refractivity contribution < 1.29 is 0 Å². The van der Waals surface area contributed by atoms with Gasteiger partial charge in [-0.05, 0) is 115 Å². The Kier molecular flexibility index (Phi) is 9.20. The number of rotatable bonds is 8. The smallest absolute Gasteiger partial charge is 0.0702 e. The Morgan fingerprint density at radius 2 is 0.804 bits per heavy atom. The standard InChI is InChI=1S/C45H53N/c1-42(2,3)30-44(7,8)39-21-17-32(18-22-39)36-27-37(33-19-23-40(24-20-33)45(9,10)31-43(4,5)6)29-38(28-36)34-14-13-15-35(26-34)41-16-11-12-25-46-41/h11-29H,30-31H2,1-10H3. The third kappa shape index (κ3) is 8.24. The van der Waals surface area contributed by atoms with Crippen LogP contribution in [0.1, 0.15) is 93.2 Å². The number of aromatic nitrogens is 1. The Balaban J connectivity index is 1.58. The molecule has 0 atom stereocenters. The molecule has 0 amide bonds. The lowest BCUT2D eigenvalue weighted by Crippen LogP contribution is -2.24. The number of pyridine rings is 1. The highest BCUT2D eigenvalue weighted by Crippen LogP contribution is 2.40. The van der Waals surface area contributed by atoms with Crippen molar-refractivity contribution in [3.63, 3.8) is 0 Å². The lowest BCUT2D eigenvalue weighted by atomic mass is 9.72. The van der Waals surface area contributed by atoms with Crippen molar-refractivity contribution in [1.29, 1.82) is 0 Å². The van der Waals surface area contributed by atoms with Crippen LogP contribution in [0.25, 0.3) is 44.6 Å². The Hall–Kier alpha value is -3.97. The molecule has 0 unspecified atom stereocenters. The molecule has 0 saturated heterocycles. The second-order valence-corrected chi connectivity index (χ2v) is 17.0. The van der Waals surface area contributed by atoms with Gasteiger partial charge in [-0.2, -0.15) is 0 Å². The largest absolute Gasteiger partial charge is 0.256 e. The molecule has 0 aliphatic heterocycles. The molecule has 0 aliphatic rings. The molecule has 0 bridgehead atoms. The van der Waals surface area contributed by atoms with Crippen LogP contribution >= 0.6 is 0 Å². The molecular weight excluding hydrogens is 555 g/mol. The third-order valence-electron chi connectivity index (χ3n) is 9.03. The van der Waals surface area contributed by atoms with E-state index in [1.54, 1.807) is 0 Å². The fourth-order valence-corrected chi connectivity index (χ4v) is 7.60. The first-order valence-electron chi connectivity index (χ1n) is 16.9. The van der Waals surface area contributed by atoms with Gasteiger partial charge in [0, 0.05) is 11.8 Å². The Bertz CT molecular complexity index is 1670. The van der Waals surface area contributed by atoms with E-state index in [1.807, 2.05) is 18.3 Å². The minimum Gasteiger partial charge on any atom is -0.256 e. The first kappa shape index (κ1) is 33.4. The van der Waals surface area contributed by atoms with Gasteiger partial charge in [0.05, 0.1) is 5.69 Å². The summed E-state index contributed by atoms with van der Waals surface area (Å²) < 4.78 is 0. The van der Waals surface area contributed by atoms with E-state index in [9.17, 15) is 0 Å². The molecular formula is C45H53N. The average Bonchev–Trinajstić information content (AvgIpc) is 2.99. The first-order chi connectivity index (χ1) is 21.5. The minimum atomic E-state index is 0.109. The summed E-state index contributed by atoms with van der Waals surface area (Å²) in [5.74, 6) is 0. The Labute approximate surface area is 279 Å². The highest BCUT2D eigenvalue weighted by atomic mass is 14.7. The summed E-state index contributed by atoms with van der Waals surface area (Å²) in [7, 11) is 0. The maximum atomic E-state index is 4.61. The second-order valence-electron chi connectivity index (χ2n) is 17.0. The predicted molar refractivity (Wildman–Crippen MR) is 200 cm³/mol. The van der Waals surface area contributed by atoms with E-state index < -0.39 is 0 Å². The zero-order valence-electron chi connectivity index (χ0n) is 29.8. The molecule has 0 radical (unpaired) electrons. The minimum absolute atomic E-state index is 0.109. The molecule has 1 heterocycles. The van der Waals surface area contributed by atoms with Crippen LogP contribution in [0.3, 0.4) is 0 Å². The Morgan fingerprint density at radius 3 is 1.22 bits per heavy atom. The monoisotopic (exact) mass is 607 g/mol. The fraction of sp³-hybridized carbons (Fsp3) is 0.356. The Morgan fingerprint density at radius 1 is 0.391 bits per heavy atom. The van der Waals surface area contributed by atoms with Gasteiger partial charge < -0.3 is 0 Å². The van der Waals surface area contributed by atoms with Crippen LogP contribution in [0.5, 0.6) is 0 Å². The van der Waals surface area contributed by atoms with Crippen LogP contribution in [0.15, 0.2) is 115 Å². The summed E-state index contributed by atoms with van der Waals surface area (Å²) in [4.78, 5) is 4.61. The summed E-state index contributed by atoms with van der Waals surface area (Å²) in [5, 5.41) is 0. The zero-order valence-corrected chi connectivity index (χ0v) is 29.8. The molecule has 0 N–H and O–H groups in total. The normalized spacial score (nSPS) is 12.7. The van der Waals surface area contributed by atoms with Crippen molar-refractivity contribution in [1.82, 2.24) is 4.98 Å². The predicted octanol–water partition coefficient (Wildman–Crippen LogP) is 13.2. The quantitative estimate of drug-likeness (QED) is 0.171. The summed E-state index contributed by atoms with van der Waals surface area (Å²) in [5.41, 5.74) is 13.0. The lowest BCUT2D eigenvalue weighted by Gasteiger charge is -2.33. The number of hydrogen-bond donors (Lipinski definition) is 0. The molecule has 0 aliphatic carbocycles. The van der Waals surface area contributed by atoms with Crippen molar-refractivity contribution in [3.05, 3.63) is 127 Å². The SMILES string of the molecule is CC(C)(C)CC(C)(C)c1ccc(-c2cc(-c3ccc(C(C)(C)CC(C)(C)C)cc3)cc(-c3cccc(-c4ccccn4)c3)c2)cc1. The van der Waals surface area contributed by atoms with E-state index >= 15 is 0 Å². The van der Waals surface area contributed by atoms with Crippen molar-refractivity contribution in [2.45, 2.75) is 92.9 Å². The van der Waals surface area contributed by atoms with Crippen LogP contribution in [0.4, 0.5) is 0 Å². The highest BCUT2D eigenvalue weighted by Gasteiger charge is 2.28. The van der Waals surface area contributed by atoms with Gasteiger partial charge in [0.2, 0.25) is 0 Å². The molecule has 5 aromatic rings. The van der Waals surface area contributed by atoms with Crippen molar-refractivity contribution >= 4 is 0 Å². The topological polar surface area (TPSA) is 12.9 Å².